The van der Waals surface area contributed by atoms with E-state index < -0.39 is 9.84 Å². The van der Waals surface area contributed by atoms with Gasteiger partial charge in [0.15, 0.2) is 0 Å². The molecule has 0 radical (unpaired) electrons. The van der Waals surface area contributed by atoms with E-state index in [1.807, 2.05) is 0 Å². The van der Waals surface area contributed by atoms with E-state index in [4.69, 9.17) is 10.5 Å². The molecule has 0 amide bonds. The van der Waals surface area contributed by atoms with Crippen molar-refractivity contribution in [1.29, 1.82) is 0 Å². The first-order valence-electron chi connectivity index (χ1n) is 6.24. The Morgan fingerprint density at radius 2 is 1.81 bits per heavy atom. The minimum Gasteiger partial charge on any atom is -0.508 e. The summed E-state index contributed by atoms with van der Waals surface area (Å²) in [7, 11) is -3.54. The van der Waals surface area contributed by atoms with Gasteiger partial charge in [0.25, 0.3) is 0 Å². The van der Waals surface area contributed by atoms with E-state index in [9.17, 15) is 13.5 Å². The Bertz CT molecular complexity index is 823. The number of anilines is 1. The third-order valence-corrected chi connectivity index (χ3v) is 5.07. The number of benzene rings is 2. The topological polar surface area (TPSA) is 89.6 Å². The number of sulfone groups is 1. The lowest BCUT2D eigenvalue weighted by atomic mass is 10.2. The molecule has 2 aromatic carbocycles. The summed E-state index contributed by atoms with van der Waals surface area (Å²) in [5.41, 5.74) is 6.66. The van der Waals surface area contributed by atoms with E-state index in [-0.39, 0.29) is 22.2 Å². The van der Waals surface area contributed by atoms with Crippen LogP contribution < -0.4 is 10.5 Å². The molecule has 3 N–H and O–H groups in total. The van der Waals surface area contributed by atoms with Gasteiger partial charge < -0.3 is 15.6 Å². The van der Waals surface area contributed by atoms with Gasteiger partial charge in [-0.2, -0.15) is 0 Å². The number of hydrogen-bond acceptors (Lipinski definition) is 5. The zero-order valence-corrected chi connectivity index (χ0v) is 11.8. The number of nitrogen functional groups attached to an aromatic ring is 1. The Labute approximate surface area is 122 Å². The Morgan fingerprint density at radius 3 is 2.52 bits per heavy atom. The van der Waals surface area contributed by atoms with E-state index in [0.29, 0.717) is 17.0 Å². The van der Waals surface area contributed by atoms with Crippen molar-refractivity contribution in [1.82, 2.24) is 0 Å². The number of phenolic OH excluding ortho intramolecular Hbond substituents is 1. The molecule has 1 heterocycles. The highest BCUT2D eigenvalue weighted by Crippen LogP contribution is 2.34. The summed E-state index contributed by atoms with van der Waals surface area (Å²) >= 11 is 0. The SMILES string of the molecule is Nc1ccc2c(c1)S(=O)(=O)C(COc1ccc(O)cc1)=C2. The molecule has 0 unspecified atom stereocenters. The molecule has 1 aliphatic rings. The predicted molar refractivity (Wildman–Crippen MR) is 79.6 cm³/mol. The van der Waals surface area contributed by atoms with Crippen molar-refractivity contribution in [3.63, 3.8) is 0 Å². The van der Waals surface area contributed by atoms with Crippen LogP contribution in [0.1, 0.15) is 5.56 Å². The van der Waals surface area contributed by atoms with Crippen molar-refractivity contribution >= 4 is 21.6 Å². The molecule has 0 fully saturated rings. The van der Waals surface area contributed by atoms with Crippen molar-refractivity contribution in [3.8, 4) is 11.5 Å². The summed E-state index contributed by atoms with van der Waals surface area (Å²) in [6, 6.07) is 10.9. The molecule has 3 rings (SSSR count). The van der Waals surface area contributed by atoms with Gasteiger partial charge in [-0.25, -0.2) is 8.42 Å². The summed E-state index contributed by atoms with van der Waals surface area (Å²) in [6.45, 7) is -0.0678. The molecule has 6 heteroatoms. The van der Waals surface area contributed by atoms with Crippen LogP contribution in [-0.2, 0) is 9.84 Å². The molecule has 0 aliphatic carbocycles. The number of phenols is 1. The van der Waals surface area contributed by atoms with Crippen molar-refractivity contribution < 1.29 is 18.3 Å². The standard InChI is InChI=1S/C15H13NO4S/c16-11-2-1-10-7-14(21(18,19)15(10)8-11)9-20-13-5-3-12(17)4-6-13/h1-8,17H,9,16H2. The Hall–Kier alpha value is -2.47. The molecule has 0 spiro atoms. The summed E-state index contributed by atoms with van der Waals surface area (Å²) in [6.07, 6.45) is 1.59. The molecule has 108 valence electrons. The normalized spacial score (nSPS) is 15.3. The van der Waals surface area contributed by atoms with Crippen LogP contribution in [0.25, 0.3) is 6.08 Å². The van der Waals surface area contributed by atoms with Gasteiger partial charge >= 0.3 is 0 Å². The van der Waals surface area contributed by atoms with E-state index in [0.717, 1.165) is 0 Å². The van der Waals surface area contributed by atoms with Crippen LogP contribution in [0.2, 0.25) is 0 Å². The number of fused-ring (bicyclic) bond motifs is 1. The van der Waals surface area contributed by atoms with E-state index in [1.165, 1.54) is 18.2 Å². The summed E-state index contributed by atoms with van der Waals surface area (Å²) in [4.78, 5) is 0.406. The fourth-order valence-electron chi connectivity index (χ4n) is 2.11. The molecule has 1 aliphatic heterocycles. The molecular formula is C15H13NO4S. The van der Waals surface area contributed by atoms with Gasteiger partial charge in [-0.05, 0) is 48.0 Å². The molecule has 0 saturated carbocycles. The van der Waals surface area contributed by atoms with Gasteiger partial charge in [0.1, 0.15) is 18.1 Å². The lowest BCUT2D eigenvalue weighted by Gasteiger charge is -2.07. The van der Waals surface area contributed by atoms with Crippen LogP contribution in [0, 0.1) is 0 Å². The number of hydrogen-bond donors (Lipinski definition) is 2. The first-order chi connectivity index (χ1) is 9.96. The molecule has 0 saturated heterocycles. The molecular weight excluding hydrogens is 290 g/mol. The van der Waals surface area contributed by atoms with E-state index >= 15 is 0 Å². The summed E-state index contributed by atoms with van der Waals surface area (Å²) in [5, 5.41) is 9.19. The number of rotatable bonds is 3. The molecule has 21 heavy (non-hydrogen) atoms. The molecule has 0 bridgehead atoms. The zero-order chi connectivity index (χ0) is 15.0. The molecule has 0 aromatic heterocycles. The second kappa shape index (κ2) is 4.82. The van der Waals surface area contributed by atoms with Crippen molar-refractivity contribution in [2.75, 3.05) is 12.3 Å². The second-order valence-corrected chi connectivity index (χ2v) is 6.67. The zero-order valence-electron chi connectivity index (χ0n) is 11.0. The van der Waals surface area contributed by atoms with Crippen molar-refractivity contribution in [3.05, 3.63) is 52.9 Å². The van der Waals surface area contributed by atoms with E-state index in [1.54, 1.807) is 30.3 Å². The van der Waals surface area contributed by atoms with Gasteiger partial charge in [-0.15, -0.1) is 0 Å². The third-order valence-electron chi connectivity index (χ3n) is 3.21. The average Bonchev–Trinajstić information content (AvgIpc) is 2.70. The summed E-state index contributed by atoms with van der Waals surface area (Å²) < 4.78 is 30.2. The highest BCUT2D eigenvalue weighted by Gasteiger charge is 2.30. The number of nitrogens with two attached hydrogens (primary N) is 1. The second-order valence-electron chi connectivity index (χ2n) is 4.69. The average molecular weight is 303 g/mol. The smallest absolute Gasteiger partial charge is 0.206 e. The first-order valence-corrected chi connectivity index (χ1v) is 7.72. The Kier molecular flexibility index (Phi) is 3.10. The van der Waals surface area contributed by atoms with Gasteiger partial charge in [0.05, 0.1) is 9.80 Å². The van der Waals surface area contributed by atoms with Crippen LogP contribution in [0.15, 0.2) is 52.3 Å². The van der Waals surface area contributed by atoms with Gasteiger partial charge in [0, 0.05) is 5.69 Å². The molecule has 2 aromatic rings. The highest BCUT2D eigenvalue weighted by molar-refractivity contribution is 7.95. The predicted octanol–water partition coefficient (Wildman–Crippen LogP) is 2.18. The van der Waals surface area contributed by atoms with Gasteiger partial charge in [0.2, 0.25) is 9.84 Å². The first kappa shape index (κ1) is 13.5. The maximum atomic E-state index is 12.4. The maximum Gasteiger partial charge on any atom is 0.206 e. The Morgan fingerprint density at radius 1 is 1.10 bits per heavy atom. The molecule has 0 atom stereocenters. The van der Waals surface area contributed by atoms with Crippen LogP contribution in [0.4, 0.5) is 5.69 Å². The summed E-state index contributed by atoms with van der Waals surface area (Å²) in [5.74, 6) is 0.609. The fraction of sp³-hybridized carbons (Fsp3) is 0.0667. The highest BCUT2D eigenvalue weighted by atomic mass is 32.2. The van der Waals surface area contributed by atoms with Gasteiger partial charge in [-0.1, -0.05) is 6.07 Å². The Balaban J connectivity index is 1.83. The fourth-order valence-corrected chi connectivity index (χ4v) is 3.62. The number of ether oxygens (including phenoxy) is 1. The van der Waals surface area contributed by atoms with Crippen LogP contribution in [0.3, 0.4) is 0 Å². The van der Waals surface area contributed by atoms with Crippen LogP contribution >= 0.6 is 0 Å². The lowest BCUT2D eigenvalue weighted by molar-refractivity contribution is 0.358. The molecule has 5 nitrogen and oxygen atoms in total. The number of aromatic hydroxyl groups is 1. The van der Waals surface area contributed by atoms with Gasteiger partial charge in [-0.3, -0.25) is 0 Å². The largest absolute Gasteiger partial charge is 0.508 e. The van der Waals surface area contributed by atoms with Crippen LogP contribution in [-0.4, -0.2) is 20.1 Å². The van der Waals surface area contributed by atoms with E-state index in [2.05, 4.69) is 0 Å². The van der Waals surface area contributed by atoms with Crippen molar-refractivity contribution in [2.24, 2.45) is 0 Å². The van der Waals surface area contributed by atoms with Crippen molar-refractivity contribution in [2.45, 2.75) is 4.90 Å². The third kappa shape index (κ3) is 2.45. The lowest BCUT2D eigenvalue weighted by Crippen LogP contribution is -2.09. The quantitative estimate of drug-likeness (QED) is 0.848. The monoisotopic (exact) mass is 303 g/mol. The minimum absolute atomic E-state index is 0.0678. The van der Waals surface area contributed by atoms with Crippen LogP contribution in [0.5, 0.6) is 11.5 Å². The minimum atomic E-state index is -3.54. The maximum absolute atomic E-state index is 12.4.